The number of carboxylic acids is 1. The molecule has 0 radical (unpaired) electrons. The maximum absolute atomic E-state index is 11.0. The largest absolute Gasteiger partial charge is 0.489 e. The summed E-state index contributed by atoms with van der Waals surface area (Å²) in [6.45, 7) is 2.30. The van der Waals surface area contributed by atoms with Crippen molar-refractivity contribution in [1.82, 2.24) is 34.9 Å². The number of pyridine rings is 2. The van der Waals surface area contributed by atoms with Gasteiger partial charge in [-0.1, -0.05) is 11.3 Å². The van der Waals surface area contributed by atoms with Crippen molar-refractivity contribution in [3.63, 3.8) is 0 Å². The number of nitrogens with zero attached hydrogens (tertiary/aromatic N) is 7. The van der Waals surface area contributed by atoms with E-state index in [2.05, 4.69) is 30.6 Å². The van der Waals surface area contributed by atoms with Gasteiger partial charge in [0.05, 0.1) is 41.1 Å². The molecule has 0 aromatic carbocycles. The molecule has 2 N–H and O–H groups in total. The first-order chi connectivity index (χ1) is 18.0. The Morgan fingerprint density at radius 1 is 1.08 bits per heavy atom. The summed E-state index contributed by atoms with van der Waals surface area (Å²) in [4.78, 5) is 29.0. The van der Waals surface area contributed by atoms with Gasteiger partial charge in [-0.2, -0.15) is 0 Å². The molecule has 4 aromatic rings. The lowest BCUT2D eigenvalue weighted by atomic mass is 10.0. The molecule has 11 heteroatoms. The smallest absolute Gasteiger partial charge is 0.303 e. The number of carboxylic acid groups (broad SMARTS) is 1. The van der Waals surface area contributed by atoms with Crippen LogP contribution in [-0.4, -0.2) is 52.1 Å². The maximum atomic E-state index is 11.0. The average molecular weight is 501 g/mol. The molecule has 2 atom stereocenters. The predicted octanol–water partition coefficient (Wildman–Crippen LogP) is 3.67. The van der Waals surface area contributed by atoms with Crippen molar-refractivity contribution in [3.8, 4) is 28.5 Å². The number of hydrogen-bond donors (Lipinski definition) is 2. The van der Waals surface area contributed by atoms with E-state index in [1.165, 1.54) is 0 Å². The number of anilines is 1. The van der Waals surface area contributed by atoms with E-state index in [0.29, 0.717) is 29.6 Å². The van der Waals surface area contributed by atoms with Crippen LogP contribution in [0, 0.1) is 12.8 Å². The minimum absolute atomic E-state index is 0.00817. The van der Waals surface area contributed by atoms with Gasteiger partial charge in [0.2, 0.25) is 5.95 Å². The Balaban J connectivity index is 1.28. The molecule has 1 aliphatic rings. The molecular formula is C26H28N8O3. The highest BCUT2D eigenvalue weighted by molar-refractivity contribution is 5.67. The Kier molecular flexibility index (Phi) is 7.02. The van der Waals surface area contributed by atoms with Crippen molar-refractivity contribution >= 4 is 11.9 Å². The molecule has 5 rings (SSSR count). The molecule has 0 unspecified atom stereocenters. The summed E-state index contributed by atoms with van der Waals surface area (Å²) >= 11 is 0. The average Bonchev–Trinajstić information content (AvgIpc) is 3.50. The van der Waals surface area contributed by atoms with Crippen LogP contribution >= 0.6 is 0 Å². The van der Waals surface area contributed by atoms with Crippen LogP contribution in [0.2, 0.25) is 0 Å². The minimum Gasteiger partial charge on any atom is -0.489 e. The normalized spacial score (nSPS) is 17.0. The van der Waals surface area contributed by atoms with Gasteiger partial charge in [-0.05, 0) is 62.4 Å². The third-order valence-corrected chi connectivity index (χ3v) is 6.47. The van der Waals surface area contributed by atoms with Gasteiger partial charge in [-0.25, -0.2) is 19.6 Å². The fraction of sp³-hybridized carbons (Fsp3) is 0.346. The van der Waals surface area contributed by atoms with E-state index in [9.17, 15) is 4.79 Å². The van der Waals surface area contributed by atoms with E-state index >= 15 is 0 Å². The van der Waals surface area contributed by atoms with E-state index in [-0.39, 0.29) is 18.4 Å². The van der Waals surface area contributed by atoms with Gasteiger partial charge < -0.3 is 15.2 Å². The molecule has 190 valence electrons. The van der Waals surface area contributed by atoms with Crippen LogP contribution in [0.4, 0.5) is 5.95 Å². The fourth-order valence-electron chi connectivity index (χ4n) is 4.59. The summed E-state index contributed by atoms with van der Waals surface area (Å²) in [6.07, 6.45) is 6.09. The Labute approximate surface area is 214 Å². The van der Waals surface area contributed by atoms with Crippen LogP contribution in [0.1, 0.15) is 37.1 Å². The maximum Gasteiger partial charge on any atom is 0.303 e. The lowest BCUT2D eigenvalue weighted by Gasteiger charge is -2.16. The molecule has 37 heavy (non-hydrogen) atoms. The predicted molar refractivity (Wildman–Crippen MR) is 136 cm³/mol. The summed E-state index contributed by atoms with van der Waals surface area (Å²) in [7, 11) is 1.83. The standard InChI is InChI=1S/C26H28N8O3/c1-16-23(37-18-7-6-17(13-18)14-24(35)36)9-8-21(30-16)25-22(34(2)33-32-25)15-29-26-28-12-10-20(31-26)19-5-3-4-11-27-19/h3-5,8-12,17-18H,6-7,13-15H2,1-2H3,(H,35,36)(H,28,29,31)/t17-,18-/m0/s1. The van der Waals surface area contributed by atoms with Gasteiger partial charge in [-0.15, -0.1) is 5.10 Å². The van der Waals surface area contributed by atoms with Crippen LogP contribution in [0.25, 0.3) is 22.8 Å². The van der Waals surface area contributed by atoms with Crippen molar-refractivity contribution in [2.75, 3.05) is 5.32 Å². The molecule has 0 saturated heterocycles. The third kappa shape index (κ3) is 5.71. The van der Waals surface area contributed by atoms with Gasteiger partial charge in [0, 0.05) is 25.9 Å². The van der Waals surface area contributed by atoms with Gasteiger partial charge in [0.15, 0.2) is 0 Å². The molecular weight excluding hydrogens is 472 g/mol. The molecule has 1 saturated carbocycles. The van der Waals surface area contributed by atoms with Gasteiger partial charge >= 0.3 is 5.97 Å². The summed E-state index contributed by atoms with van der Waals surface area (Å²) < 4.78 is 7.87. The number of rotatable bonds is 9. The van der Waals surface area contributed by atoms with Crippen LogP contribution in [0.3, 0.4) is 0 Å². The lowest BCUT2D eigenvalue weighted by Crippen LogP contribution is -2.14. The zero-order chi connectivity index (χ0) is 25.8. The first-order valence-electron chi connectivity index (χ1n) is 12.2. The zero-order valence-corrected chi connectivity index (χ0v) is 20.7. The van der Waals surface area contributed by atoms with Gasteiger partial charge in [0.1, 0.15) is 11.4 Å². The fourth-order valence-corrected chi connectivity index (χ4v) is 4.59. The first kappa shape index (κ1) is 24.3. The second-order valence-corrected chi connectivity index (χ2v) is 9.14. The Bertz CT molecular complexity index is 1390. The highest BCUT2D eigenvalue weighted by Gasteiger charge is 2.28. The summed E-state index contributed by atoms with van der Waals surface area (Å²) in [5, 5.41) is 20.8. The molecule has 0 spiro atoms. The van der Waals surface area contributed by atoms with Crippen LogP contribution in [0.15, 0.2) is 48.8 Å². The SMILES string of the molecule is Cc1nc(-c2nnn(C)c2CNc2nccc(-c3ccccn3)n2)ccc1O[C@H]1CC[C@H](CC(=O)O)C1. The molecule has 0 amide bonds. The highest BCUT2D eigenvalue weighted by atomic mass is 16.5. The molecule has 1 aliphatic carbocycles. The second kappa shape index (κ2) is 10.7. The molecule has 4 heterocycles. The van der Waals surface area contributed by atoms with Crippen molar-refractivity contribution in [2.24, 2.45) is 13.0 Å². The Hall–Kier alpha value is -4.41. The van der Waals surface area contributed by atoms with Crippen LogP contribution in [-0.2, 0) is 18.4 Å². The zero-order valence-electron chi connectivity index (χ0n) is 20.7. The third-order valence-electron chi connectivity index (χ3n) is 6.47. The number of nitrogens with one attached hydrogen (secondary N) is 1. The number of aliphatic carboxylic acids is 1. The molecule has 4 aromatic heterocycles. The second-order valence-electron chi connectivity index (χ2n) is 9.14. The van der Waals surface area contributed by atoms with Crippen molar-refractivity contribution < 1.29 is 14.6 Å². The van der Waals surface area contributed by atoms with Crippen LogP contribution in [0.5, 0.6) is 5.75 Å². The molecule has 1 fully saturated rings. The Morgan fingerprint density at radius 3 is 2.76 bits per heavy atom. The lowest BCUT2D eigenvalue weighted by molar-refractivity contribution is -0.138. The number of aryl methyl sites for hydroxylation is 2. The van der Waals surface area contributed by atoms with Crippen molar-refractivity contribution in [3.05, 3.63) is 60.2 Å². The van der Waals surface area contributed by atoms with E-state index in [4.69, 9.17) is 14.8 Å². The first-order valence-corrected chi connectivity index (χ1v) is 12.2. The Morgan fingerprint density at radius 2 is 1.97 bits per heavy atom. The number of carbonyl (C=O) groups is 1. The summed E-state index contributed by atoms with van der Waals surface area (Å²) in [6, 6.07) is 11.3. The number of aromatic nitrogens is 7. The van der Waals surface area contributed by atoms with E-state index in [0.717, 1.165) is 42.0 Å². The molecule has 11 nitrogen and oxygen atoms in total. The number of hydrogen-bond acceptors (Lipinski definition) is 9. The van der Waals surface area contributed by atoms with Gasteiger partial charge in [0.25, 0.3) is 0 Å². The monoisotopic (exact) mass is 500 g/mol. The van der Waals surface area contributed by atoms with Crippen LogP contribution < -0.4 is 10.1 Å². The van der Waals surface area contributed by atoms with E-state index < -0.39 is 5.97 Å². The number of ether oxygens (including phenoxy) is 1. The van der Waals surface area contributed by atoms with Crippen molar-refractivity contribution in [2.45, 2.75) is 45.3 Å². The highest BCUT2D eigenvalue weighted by Crippen LogP contribution is 2.33. The molecule has 0 aliphatic heterocycles. The molecule has 0 bridgehead atoms. The quantitative estimate of drug-likeness (QED) is 0.350. The minimum atomic E-state index is -0.755. The summed E-state index contributed by atoms with van der Waals surface area (Å²) in [5.74, 6) is 0.585. The van der Waals surface area contributed by atoms with E-state index in [1.807, 2.05) is 50.4 Å². The van der Waals surface area contributed by atoms with Gasteiger partial charge in [-0.3, -0.25) is 9.78 Å². The van der Waals surface area contributed by atoms with Crippen molar-refractivity contribution in [1.29, 1.82) is 0 Å². The topological polar surface area (TPSA) is 141 Å². The summed E-state index contributed by atoms with van der Waals surface area (Å²) in [5.41, 5.74) is 4.43. The van der Waals surface area contributed by atoms with E-state index in [1.54, 1.807) is 17.1 Å².